The predicted octanol–water partition coefficient (Wildman–Crippen LogP) is 3.26. The van der Waals surface area contributed by atoms with Crippen LogP contribution in [0.2, 0.25) is 0 Å². The number of nitrogens with two attached hydrogens (primary N) is 1. The van der Waals surface area contributed by atoms with Gasteiger partial charge in [0.05, 0.1) is 0 Å². The van der Waals surface area contributed by atoms with Crippen LogP contribution < -0.4 is 5.73 Å². The molecule has 1 aromatic carbocycles. The highest BCUT2D eigenvalue weighted by Gasteiger charge is 2.37. The number of hydrogen-bond acceptors (Lipinski definition) is 2. The van der Waals surface area contributed by atoms with E-state index in [2.05, 4.69) is 4.90 Å². The Balaban J connectivity index is 1.70. The second-order valence-corrected chi connectivity index (χ2v) is 6.53. The number of rotatable bonds is 3. The van der Waals surface area contributed by atoms with E-state index in [0.717, 1.165) is 24.9 Å². The van der Waals surface area contributed by atoms with Gasteiger partial charge < -0.3 is 10.6 Å². The van der Waals surface area contributed by atoms with E-state index in [4.69, 9.17) is 5.73 Å². The molecule has 2 N–H and O–H groups in total. The quantitative estimate of drug-likeness (QED) is 0.927. The Bertz CT molecular complexity index is 467. The first kappa shape index (κ1) is 14.6. The van der Waals surface area contributed by atoms with Gasteiger partial charge in [-0.05, 0) is 37.2 Å². The van der Waals surface area contributed by atoms with Gasteiger partial charge in [-0.2, -0.15) is 0 Å². The molecule has 2 aliphatic rings. The van der Waals surface area contributed by atoms with E-state index in [0.29, 0.717) is 12.0 Å². The zero-order valence-corrected chi connectivity index (χ0v) is 12.7. The topological polar surface area (TPSA) is 46.3 Å². The van der Waals surface area contributed by atoms with Crippen molar-refractivity contribution in [3.05, 3.63) is 35.9 Å². The Morgan fingerprint density at radius 2 is 1.76 bits per heavy atom. The van der Waals surface area contributed by atoms with E-state index in [1.165, 1.54) is 32.1 Å². The van der Waals surface area contributed by atoms with Crippen molar-refractivity contribution in [1.29, 1.82) is 0 Å². The molecule has 1 saturated heterocycles. The second-order valence-electron chi connectivity index (χ2n) is 6.53. The molecule has 0 bridgehead atoms. The van der Waals surface area contributed by atoms with Crippen LogP contribution in [0.3, 0.4) is 0 Å². The normalized spacial score (nSPS) is 25.0. The highest BCUT2D eigenvalue weighted by Crippen LogP contribution is 2.35. The van der Waals surface area contributed by atoms with Gasteiger partial charge in [0.2, 0.25) is 5.91 Å². The van der Waals surface area contributed by atoms with E-state index in [9.17, 15) is 4.79 Å². The third kappa shape index (κ3) is 3.13. The molecule has 1 amide bonds. The van der Waals surface area contributed by atoms with Crippen LogP contribution in [-0.4, -0.2) is 23.4 Å². The first-order chi connectivity index (χ1) is 10.3. The highest BCUT2D eigenvalue weighted by atomic mass is 16.2. The maximum absolute atomic E-state index is 12.8. The van der Waals surface area contributed by atoms with Crippen LogP contribution in [0.25, 0.3) is 0 Å². The zero-order valence-electron chi connectivity index (χ0n) is 12.7. The van der Waals surface area contributed by atoms with Gasteiger partial charge in [-0.25, -0.2) is 0 Å². The van der Waals surface area contributed by atoms with Crippen LogP contribution >= 0.6 is 0 Å². The molecule has 3 rings (SSSR count). The standard InChI is InChI=1S/C18H26N2O/c19-17(15-10-5-2-6-11-15)18(21)20-13-7-12-16(20)14-8-3-1-4-9-14/h2,5-6,10-11,14,16-17H,1,3-4,7-9,12-13,19H2/t16?,17-/m1/s1. The van der Waals surface area contributed by atoms with Crippen LogP contribution in [-0.2, 0) is 4.79 Å². The minimum atomic E-state index is -0.504. The summed E-state index contributed by atoms with van der Waals surface area (Å²) in [6.07, 6.45) is 8.89. The summed E-state index contributed by atoms with van der Waals surface area (Å²) in [4.78, 5) is 14.9. The average Bonchev–Trinajstić information content (AvgIpc) is 3.04. The molecular weight excluding hydrogens is 260 g/mol. The molecule has 1 aliphatic carbocycles. The molecule has 2 fully saturated rings. The molecule has 0 radical (unpaired) electrons. The Labute approximate surface area is 127 Å². The maximum Gasteiger partial charge on any atom is 0.244 e. The number of hydrogen-bond donors (Lipinski definition) is 1. The van der Waals surface area contributed by atoms with Gasteiger partial charge in [0.1, 0.15) is 6.04 Å². The molecule has 1 aliphatic heterocycles. The molecule has 3 nitrogen and oxygen atoms in total. The Kier molecular flexibility index (Phi) is 4.59. The number of carbonyl (C=O) groups excluding carboxylic acids is 1. The van der Waals surface area contributed by atoms with Crippen molar-refractivity contribution in [2.45, 2.75) is 57.0 Å². The summed E-state index contributed by atoms with van der Waals surface area (Å²) in [5, 5.41) is 0. The molecule has 3 heteroatoms. The average molecular weight is 286 g/mol. The summed E-state index contributed by atoms with van der Waals surface area (Å²) in [6.45, 7) is 0.889. The van der Waals surface area contributed by atoms with Crippen molar-refractivity contribution in [3.8, 4) is 0 Å². The summed E-state index contributed by atoms with van der Waals surface area (Å²) in [5.74, 6) is 0.822. The molecule has 2 atom stereocenters. The summed E-state index contributed by atoms with van der Waals surface area (Å²) >= 11 is 0. The Morgan fingerprint density at radius 1 is 1.05 bits per heavy atom. The number of benzene rings is 1. The molecular formula is C18H26N2O. The monoisotopic (exact) mass is 286 g/mol. The Morgan fingerprint density at radius 3 is 2.48 bits per heavy atom. The van der Waals surface area contributed by atoms with Gasteiger partial charge in [0.15, 0.2) is 0 Å². The van der Waals surface area contributed by atoms with Crippen LogP contribution in [0.1, 0.15) is 56.6 Å². The van der Waals surface area contributed by atoms with Crippen molar-refractivity contribution in [1.82, 2.24) is 4.90 Å². The molecule has 114 valence electrons. The van der Waals surface area contributed by atoms with Crippen molar-refractivity contribution >= 4 is 5.91 Å². The first-order valence-electron chi connectivity index (χ1n) is 8.38. The first-order valence-corrected chi connectivity index (χ1v) is 8.38. The van der Waals surface area contributed by atoms with Crippen LogP contribution in [0, 0.1) is 5.92 Å². The van der Waals surface area contributed by atoms with Crippen molar-refractivity contribution in [2.75, 3.05) is 6.54 Å². The maximum atomic E-state index is 12.8. The lowest BCUT2D eigenvalue weighted by atomic mass is 9.83. The summed E-state index contributed by atoms with van der Waals surface area (Å²) < 4.78 is 0. The number of likely N-dealkylation sites (tertiary alicyclic amines) is 1. The number of carbonyl (C=O) groups is 1. The fraction of sp³-hybridized carbons (Fsp3) is 0.611. The molecule has 1 unspecified atom stereocenters. The van der Waals surface area contributed by atoms with Gasteiger partial charge in [0.25, 0.3) is 0 Å². The van der Waals surface area contributed by atoms with Gasteiger partial charge in [-0.3, -0.25) is 4.79 Å². The van der Waals surface area contributed by atoms with E-state index in [-0.39, 0.29) is 5.91 Å². The van der Waals surface area contributed by atoms with Gasteiger partial charge >= 0.3 is 0 Å². The molecule has 1 saturated carbocycles. The van der Waals surface area contributed by atoms with Crippen LogP contribution in [0.4, 0.5) is 0 Å². The van der Waals surface area contributed by atoms with E-state index < -0.39 is 6.04 Å². The van der Waals surface area contributed by atoms with E-state index in [1.807, 2.05) is 30.3 Å². The minimum Gasteiger partial charge on any atom is -0.338 e. The number of nitrogens with zero attached hydrogens (tertiary/aromatic N) is 1. The smallest absolute Gasteiger partial charge is 0.244 e. The van der Waals surface area contributed by atoms with Gasteiger partial charge in [-0.1, -0.05) is 49.6 Å². The molecule has 0 spiro atoms. The predicted molar refractivity (Wildman–Crippen MR) is 84.7 cm³/mol. The zero-order chi connectivity index (χ0) is 14.7. The van der Waals surface area contributed by atoms with Crippen LogP contribution in [0.5, 0.6) is 0 Å². The molecule has 1 aromatic rings. The lowest BCUT2D eigenvalue weighted by Crippen LogP contribution is -2.45. The molecule has 1 heterocycles. The van der Waals surface area contributed by atoms with Crippen molar-refractivity contribution in [2.24, 2.45) is 11.7 Å². The second kappa shape index (κ2) is 6.61. The molecule has 21 heavy (non-hydrogen) atoms. The largest absolute Gasteiger partial charge is 0.338 e. The minimum absolute atomic E-state index is 0.120. The third-order valence-electron chi connectivity index (χ3n) is 5.20. The van der Waals surface area contributed by atoms with Gasteiger partial charge in [-0.15, -0.1) is 0 Å². The van der Waals surface area contributed by atoms with Crippen molar-refractivity contribution in [3.63, 3.8) is 0 Å². The van der Waals surface area contributed by atoms with E-state index >= 15 is 0 Å². The van der Waals surface area contributed by atoms with Gasteiger partial charge in [0, 0.05) is 12.6 Å². The highest BCUT2D eigenvalue weighted by molar-refractivity contribution is 5.83. The SMILES string of the molecule is N[C@@H](C(=O)N1CCCC1C1CCCCC1)c1ccccc1. The van der Waals surface area contributed by atoms with Crippen molar-refractivity contribution < 1.29 is 4.79 Å². The molecule has 0 aromatic heterocycles. The summed E-state index contributed by atoms with van der Waals surface area (Å²) in [6, 6.07) is 9.70. The van der Waals surface area contributed by atoms with E-state index in [1.54, 1.807) is 0 Å². The number of amides is 1. The fourth-order valence-corrected chi connectivity index (χ4v) is 4.06. The third-order valence-corrected chi connectivity index (χ3v) is 5.20. The fourth-order valence-electron chi connectivity index (χ4n) is 4.06. The summed E-state index contributed by atoms with van der Waals surface area (Å²) in [7, 11) is 0. The summed E-state index contributed by atoms with van der Waals surface area (Å²) in [5.41, 5.74) is 7.15. The lowest BCUT2D eigenvalue weighted by molar-refractivity contribution is -0.134. The lowest BCUT2D eigenvalue weighted by Gasteiger charge is -2.35. The van der Waals surface area contributed by atoms with Crippen LogP contribution in [0.15, 0.2) is 30.3 Å². The Hall–Kier alpha value is -1.35.